The van der Waals surface area contributed by atoms with Crippen molar-refractivity contribution in [2.75, 3.05) is 0 Å². The first-order chi connectivity index (χ1) is 7.50. The Labute approximate surface area is 101 Å². The zero-order valence-corrected chi connectivity index (χ0v) is 11.0. The summed E-state index contributed by atoms with van der Waals surface area (Å²) < 4.78 is 34.4. The van der Waals surface area contributed by atoms with Crippen LogP contribution in [0.4, 0.5) is 0 Å². The summed E-state index contributed by atoms with van der Waals surface area (Å²) in [5.41, 5.74) is 0.602. The SMILES string of the molecule is Cc1cc(O)c(C(C)(C)C)cc1OS(=O)(=O)O. The first-order valence-corrected chi connectivity index (χ1v) is 6.38. The van der Waals surface area contributed by atoms with Gasteiger partial charge >= 0.3 is 10.4 Å². The zero-order chi connectivity index (χ0) is 13.4. The highest BCUT2D eigenvalue weighted by molar-refractivity contribution is 7.81. The Morgan fingerprint density at radius 2 is 1.76 bits per heavy atom. The van der Waals surface area contributed by atoms with E-state index in [4.69, 9.17) is 4.55 Å². The van der Waals surface area contributed by atoms with Gasteiger partial charge < -0.3 is 9.29 Å². The number of phenolic OH excluding ortho intramolecular Hbond substituents is 1. The average molecular weight is 260 g/mol. The van der Waals surface area contributed by atoms with E-state index in [2.05, 4.69) is 4.18 Å². The van der Waals surface area contributed by atoms with Gasteiger partial charge in [-0.05, 0) is 30.0 Å². The molecular weight excluding hydrogens is 244 g/mol. The second kappa shape index (κ2) is 4.19. The van der Waals surface area contributed by atoms with Crippen molar-refractivity contribution in [3.8, 4) is 11.5 Å². The molecule has 96 valence electrons. The molecule has 2 N–H and O–H groups in total. The quantitative estimate of drug-likeness (QED) is 0.796. The van der Waals surface area contributed by atoms with Crippen molar-refractivity contribution in [1.82, 2.24) is 0 Å². The second-order valence-corrected chi connectivity index (χ2v) is 5.92. The smallest absolute Gasteiger partial charge is 0.446 e. The van der Waals surface area contributed by atoms with E-state index >= 15 is 0 Å². The minimum atomic E-state index is -4.56. The van der Waals surface area contributed by atoms with Crippen molar-refractivity contribution < 1.29 is 22.3 Å². The standard InChI is InChI=1S/C11H16O5S/c1-7-5-9(12)8(11(2,3)4)6-10(7)16-17(13,14)15/h5-6,12H,1-4H3,(H,13,14,15). The molecule has 0 fully saturated rings. The Bertz CT molecular complexity index is 526. The van der Waals surface area contributed by atoms with Crippen molar-refractivity contribution in [2.45, 2.75) is 33.1 Å². The molecule has 0 amide bonds. The van der Waals surface area contributed by atoms with E-state index in [1.165, 1.54) is 12.1 Å². The topological polar surface area (TPSA) is 83.8 Å². The number of aromatic hydroxyl groups is 1. The van der Waals surface area contributed by atoms with Gasteiger partial charge in [0, 0.05) is 5.56 Å². The summed E-state index contributed by atoms with van der Waals surface area (Å²) in [7, 11) is -4.56. The predicted octanol–water partition coefficient (Wildman–Crippen LogP) is 2.18. The maximum Gasteiger partial charge on any atom is 0.446 e. The molecule has 1 aromatic carbocycles. The third-order valence-corrected chi connectivity index (χ3v) is 2.69. The van der Waals surface area contributed by atoms with Crippen LogP contribution in [-0.2, 0) is 15.8 Å². The molecule has 0 aromatic heterocycles. The predicted molar refractivity (Wildman–Crippen MR) is 63.7 cm³/mol. The van der Waals surface area contributed by atoms with Gasteiger partial charge in [-0.1, -0.05) is 20.8 Å². The highest BCUT2D eigenvalue weighted by atomic mass is 32.3. The van der Waals surface area contributed by atoms with Gasteiger partial charge in [0.2, 0.25) is 0 Å². The van der Waals surface area contributed by atoms with Crippen LogP contribution in [0.25, 0.3) is 0 Å². The first-order valence-electron chi connectivity index (χ1n) is 5.02. The molecule has 0 unspecified atom stereocenters. The summed E-state index contributed by atoms with van der Waals surface area (Å²) in [6, 6.07) is 2.82. The summed E-state index contributed by atoms with van der Waals surface area (Å²) in [6.07, 6.45) is 0. The third-order valence-electron chi connectivity index (χ3n) is 2.30. The molecule has 6 heteroatoms. The fourth-order valence-electron chi connectivity index (χ4n) is 1.48. The van der Waals surface area contributed by atoms with Crippen molar-refractivity contribution in [1.29, 1.82) is 0 Å². The van der Waals surface area contributed by atoms with Crippen molar-refractivity contribution in [3.63, 3.8) is 0 Å². The molecule has 1 aromatic rings. The normalized spacial score (nSPS) is 12.5. The molecular formula is C11H16O5S. The van der Waals surface area contributed by atoms with Gasteiger partial charge in [0.1, 0.15) is 11.5 Å². The molecule has 0 aliphatic heterocycles. The van der Waals surface area contributed by atoms with Crippen LogP contribution in [-0.4, -0.2) is 18.1 Å². The average Bonchev–Trinajstić information content (AvgIpc) is 2.05. The van der Waals surface area contributed by atoms with E-state index in [0.29, 0.717) is 11.1 Å². The van der Waals surface area contributed by atoms with Crippen molar-refractivity contribution in [3.05, 3.63) is 23.3 Å². The van der Waals surface area contributed by atoms with E-state index in [1.807, 2.05) is 20.8 Å². The fourth-order valence-corrected chi connectivity index (χ4v) is 1.88. The molecule has 0 saturated heterocycles. The molecule has 1 rings (SSSR count). The van der Waals surface area contributed by atoms with Crippen molar-refractivity contribution >= 4 is 10.4 Å². The van der Waals surface area contributed by atoms with E-state index in [0.717, 1.165) is 0 Å². The molecule has 5 nitrogen and oxygen atoms in total. The van der Waals surface area contributed by atoms with Crippen molar-refractivity contribution in [2.24, 2.45) is 0 Å². The number of aryl methyl sites for hydroxylation is 1. The number of rotatable bonds is 2. The van der Waals surface area contributed by atoms with Crippen LogP contribution in [0.3, 0.4) is 0 Å². The highest BCUT2D eigenvalue weighted by Gasteiger charge is 2.21. The molecule has 17 heavy (non-hydrogen) atoms. The van der Waals surface area contributed by atoms with Crippen LogP contribution in [0.1, 0.15) is 31.9 Å². The van der Waals surface area contributed by atoms with Crippen LogP contribution >= 0.6 is 0 Å². The lowest BCUT2D eigenvalue weighted by molar-refractivity contribution is 0.383. The number of hydrogen-bond acceptors (Lipinski definition) is 4. The molecule has 0 aliphatic carbocycles. The Hall–Kier alpha value is -1.27. The lowest BCUT2D eigenvalue weighted by atomic mass is 9.85. The largest absolute Gasteiger partial charge is 0.508 e. The third kappa shape index (κ3) is 3.61. The summed E-state index contributed by atoms with van der Waals surface area (Å²) in [5.74, 6) is 0.0768. The maximum atomic E-state index is 10.7. The minimum Gasteiger partial charge on any atom is -0.508 e. The van der Waals surface area contributed by atoms with E-state index in [9.17, 15) is 13.5 Å². The van der Waals surface area contributed by atoms with Crippen LogP contribution in [0.2, 0.25) is 0 Å². The molecule has 0 radical (unpaired) electrons. The highest BCUT2D eigenvalue weighted by Crippen LogP contribution is 2.36. The van der Waals surface area contributed by atoms with Gasteiger partial charge in [0.15, 0.2) is 0 Å². The van der Waals surface area contributed by atoms with Gasteiger partial charge in [0.25, 0.3) is 0 Å². The van der Waals surface area contributed by atoms with E-state index in [1.54, 1.807) is 6.92 Å². The van der Waals surface area contributed by atoms with Gasteiger partial charge in [-0.25, -0.2) is 0 Å². The molecule has 0 bridgehead atoms. The van der Waals surface area contributed by atoms with Gasteiger partial charge in [-0.2, -0.15) is 8.42 Å². The molecule has 0 heterocycles. The Balaban J connectivity index is 3.34. The first kappa shape index (κ1) is 13.8. The molecule has 0 atom stereocenters. The van der Waals surface area contributed by atoms with Gasteiger partial charge in [0.05, 0.1) is 0 Å². The Kier molecular flexibility index (Phi) is 3.40. The monoisotopic (exact) mass is 260 g/mol. The molecule has 0 saturated carbocycles. The van der Waals surface area contributed by atoms with Gasteiger partial charge in [-0.15, -0.1) is 0 Å². The summed E-state index contributed by atoms with van der Waals surface area (Å²) in [6.45, 7) is 7.19. The Morgan fingerprint density at radius 1 is 1.24 bits per heavy atom. The second-order valence-electron chi connectivity index (χ2n) is 4.90. The lowest BCUT2D eigenvalue weighted by Crippen LogP contribution is -2.13. The number of hydrogen-bond donors (Lipinski definition) is 2. The van der Waals surface area contributed by atoms with Crippen LogP contribution < -0.4 is 4.18 Å². The lowest BCUT2D eigenvalue weighted by Gasteiger charge is -2.21. The molecule has 0 aliphatic rings. The summed E-state index contributed by atoms with van der Waals surface area (Å²) >= 11 is 0. The van der Waals surface area contributed by atoms with Crippen LogP contribution in [0, 0.1) is 6.92 Å². The summed E-state index contributed by atoms with van der Waals surface area (Å²) in [4.78, 5) is 0. The summed E-state index contributed by atoms with van der Waals surface area (Å²) in [5, 5.41) is 9.78. The minimum absolute atomic E-state index is 0.00947. The van der Waals surface area contributed by atoms with Crippen LogP contribution in [0.5, 0.6) is 11.5 Å². The maximum absolute atomic E-state index is 10.7. The fraction of sp³-hybridized carbons (Fsp3) is 0.455. The zero-order valence-electron chi connectivity index (χ0n) is 10.2. The van der Waals surface area contributed by atoms with Crippen LogP contribution in [0.15, 0.2) is 12.1 Å². The van der Waals surface area contributed by atoms with E-state index < -0.39 is 10.4 Å². The van der Waals surface area contributed by atoms with E-state index in [-0.39, 0.29) is 16.9 Å². The number of benzene rings is 1. The Morgan fingerprint density at radius 3 is 2.18 bits per heavy atom. The molecule has 0 spiro atoms. The van der Waals surface area contributed by atoms with Gasteiger partial charge in [-0.3, -0.25) is 4.55 Å². The number of phenols is 1.